The molecule has 1 fully saturated rings. The number of hydrogen-bond donors (Lipinski definition) is 0. The Labute approximate surface area is 137 Å². The van der Waals surface area contributed by atoms with E-state index in [-0.39, 0.29) is 24.0 Å². The summed E-state index contributed by atoms with van der Waals surface area (Å²) in [4.78, 5) is 15.2. The number of ether oxygens (including phenoxy) is 1. The Kier molecular flexibility index (Phi) is 4.77. The second-order valence-electron chi connectivity index (χ2n) is 6.25. The summed E-state index contributed by atoms with van der Waals surface area (Å²) in [5.41, 5.74) is 2.07. The van der Waals surface area contributed by atoms with Crippen molar-refractivity contribution in [3.63, 3.8) is 0 Å². The molecule has 3 nitrogen and oxygen atoms in total. The first-order chi connectivity index (χ1) is 11.1. The summed E-state index contributed by atoms with van der Waals surface area (Å²) in [6, 6.07) is 20.0. The lowest BCUT2D eigenvalue weighted by Crippen LogP contribution is -2.49. The maximum absolute atomic E-state index is 13.3. The molecule has 0 unspecified atom stereocenters. The van der Waals surface area contributed by atoms with Crippen molar-refractivity contribution in [1.29, 1.82) is 0 Å². The minimum absolute atomic E-state index is 0.0786. The molecule has 23 heavy (non-hydrogen) atoms. The Hall–Kier alpha value is -2.13. The molecule has 0 bridgehead atoms. The molecule has 3 rings (SSSR count). The highest BCUT2D eigenvalue weighted by Gasteiger charge is 2.32. The first-order valence-corrected chi connectivity index (χ1v) is 8.19. The van der Waals surface area contributed by atoms with Gasteiger partial charge in [-0.15, -0.1) is 0 Å². The van der Waals surface area contributed by atoms with Crippen molar-refractivity contribution in [2.75, 3.05) is 13.1 Å². The normalized spacial score (nSPS) is 21.4. The Bertz CT molecular complexity index is 592. The first-order valence-electron chi connectivity index (χ1n) is 8.19. The number of amides is 1. The smallest absolute Gasteiger partial charge is 0.234 e. The van der Waals surface area contributed by atoms with E-state index in [1.807, 2.05) is 79.4 Å². The minimum Gasteiger partial charge on any atom is -0.372 e. The van der Waals surface area contributed by atoms with Gasteiger partial charge in [0.25, 0.3) is 0 Å². The summed E-state index contributed by atoms with van der Waals surface area (Å²) in [5, 5.41) is 0. The number of morpholine rings is 1. The van der Waals surface area contributed by atoms with Crippen molar-refractivity contribution >= 4 is 5.91 Å². The summed E-state index contributed by atoms with van der Waals surface area (Å²) in [5.74, 6) is -0.0979. The minimum atomic E-state index is -0.255. The van der Waals surface area contributed by atoms with Gasteiger partial charge in [-0.1, -0.05) is 60.7 Å². The van der Waals surface area contributed by atoms with Gasteiger partial charge in [0, 0.05) is 13.1 Å². The number of carbonyl (C=O) groups is 1. The van der Waals surface area contributed by atoms with E-state index >= 15 is 0 Å². The summed E-state index contributed by atoms with van der Waals surface area (Å²) in [6.07, 6.45) is 0.157. The van der Waals surface area contributed by atoms with Crippen LogP contribution in [0.3, 0.4) is 0 Å². The van der Waals surface area contributed by atoms with E-state index in [0.717, 1.165) is 11.1 Å². The van der Waals surface area contributed by atoms with Crippen molar-refractivity contribution < 1.29 is 9.53 Å². The standard InChI is InChI=1S/C20H23NO2/c1-15-13-21(14-16(2)23-15)20(22)19(17-9-5-3-6-10-17)18-11-7-4-8-12-18/h3-12,15-16,19H,13-14H2,1-2H3/t15-,16-/m1/s1. The molecular formula is C20H23NO2. The fourth-order valence-electron chi connectivity index (χ4n) is 3.31. The van der Waals surface area contributed by atoms with Crippen molar-refractivity contribution in [3.05, 3.63) is 71.8 Å². The van der Waals surface area contributed by atoms with E-state index in [1.54, 1.807) is 0 Å². The highest BCUT2D eigenvalue weighted by atomic mass is 16.5. The van der Waals surface area contributed by atoms with Crippen LogP contribution in [0.25, 0.3) is 0 Å². The second kappa shape index (κ2) is 6.97. The SMILES string of the molecule is C[C@@H]1CN(C(=O)C(c2ccccc2)c2ccccc2)C[C@@H](C)O1. The van der Waals surface area contributed by atoms with Crippen LogP contribution in [0.4, 0.5) is 0 Å². The van der Waals surface area contributed by atoms with Gasteiger partial charge >= 0.3 is 0 Å². The maximum atomic E-state index is 13.3. The van der Waals surface area contributed by atoms with E-state index in [4.69, 9.17) is 4.74 Å². The van der Waals surface area contributed by atoms with Gasteiger partial charge in [-0.25, -0.2) is 0 Å². The first kappa shape index (κ1) is 15.8. The zero-order valence-electron chi connectivity index (χ0n) is 13.7. The average molecular weight is 309 g/mol. The van der Waals surface area contributed by atoms with Crippen molar-refractivity contribution in [3.8, 4) is 0 Å². The summed E-state index contributed by atoms with van der Waals surface area (Å²) >= 11 is 0. The predicted octanol–water partition coefficient (Wildman–Crippen LogP) is 3.45. The lowest BCUT2D eigenvalue weighted by molar-refractivity contribution is -0.143. The Morgan fingerprint density at radius 3 is 1.78 bits per heavy atom. The van der Waals surface area contributed by atoms with Crippen molar-refractivity contribution in [2.24, 2.45) is 0 Å². The van der Waals surface area contributed by atoms with E-state index < -0.39 is 0 Å². The van der Waals surface area contributed by atoms with Gasteiger partial charge in [0.1, 0.15) is 0 Å². The zero-order chi connectivity index (χ0) is 16.2. The number of rotatable bonds is 3. The average Bonchev–Trinajstić information content (AvgIpc) is 2.56. The third kappa shape index (κ3) is 3.62. The van der Waals surface area contributed by atoms with E-state index in [2.05, 4.69) is 0 Å². The number of hydrogen-bond acceptors (Lipinski definition) is 2. The lowest BCUT2D eigenvalue weighted by Gasteiger charge is -2.37. The van der Waals surface area contributed by atoms with Gasteiger partial charge in [0.05, 0.1) is 18.1 Å². The van der Waals surface area contributed by atoms with Gasteiger partial charge in [-0.05, 0) is 25.0 Å². The molecule has 1 aliphatic rings. The van der Waals surface area contributed by atoms with Crippen LogP contribution in [0.15, 0.2) is 60.7 Å². The Balaban J connectivity index is 1.94. The van der Waals surface area contributed by atoms with Crippen molar-refractivity contribution in [2.45, 2.75) is 32.0 Å². The quantitative estimate of drug-likeness (QED) is 0.869. The third-order valence-electron chi connectivity index (χ3n) is 4.24. The molecule has 2 aromatic rings. The largest absolute Gasteiger partial charge is 0.372 e. The van der Waals surface area contributed by atoms with Gasteiger partial charge in [0.2, 0.25) is 5.91 Å². The van der Waals surface area contributed by atoms with Gasteiger partial charge < -0.3 is 9.64 Å². The number of benzene rings is 2. The van der Waals surface area contributed by atoms with E-state index in [1.165, 1.54) is 0 Å². The molecule has 0 N–H and O–H groups in total. The van der Waals surface area contributed by atoms with Crippen LogP contribution in [-0.2, 0) is 9.53 Å². The Morgan fingerprint density at radius 2 is 1.35 bits per heavy atom. The predicted molar refractivity (Wildman–Crippen MR) is 91.3 cm³/mol. The molecule has 0 aliphatic carbocycles. The van der Waals surface area contributed by atoms with Crippen LogP contribution in [0.1, 0.15) is 30.9 Å². The fraction of sp³-hybridized carbons (Fsp3) is 0.350. The molecule has 0 aromatic heterocycles. The van der Waals surface area contributed by atoms with Crippen LogP contribution in [-0.4, -0.2) is 36.1 Å². The van der Waals surface area contributed by atoms with E-state index in [0.29, 0.717) is 13.1 Å². The Morgan fingerprint density at radius 1 is 0.913 bits per heavy atom. The molecule has 2 atom stereocenters. The summed E-state index contributed by atoms with van der Waals surface area (Å²) in [6.45, 7) is 5.35. The molecular weight excluding hydrogens is 286 g/mol. The summed E-state index contributed by atoms with van der Waals surface area (Å²) in [7, 11) is 0. The molecule has 0 saturated carbocycles. The number of carbonyl (C=O) groups excluding carboxylic acids is 1. The van der Waals surface area contributed by atoms with Crippen LogP contribution in [0.5, 0.6) is 0 Å². The lowest BCUT2D eigenvalue weighted by atomic mass is 9.89. The molecule has 1 heterocycles. The molecule has 0 radical (unpaired) electrons. The highest BCUT2D eigenvalue weighted by Crippen LogP contribution is 2.28. The van der Waals surface area contributed by atoms with Gasteiger partial charge in [-0.3, -0.25) is 4.79 Å². The van der Waals surface area contributed by atoms with Crippen LogP contribution >= 0.6 is 0 Å². The van der Waals surface area contributed by atoms with Crippen LogP contribution in [0.2, 0.25) is 0 Å². The van der Waals surface area contributed by atoms with Gasteiger partial charge in [0.15, 0.2) is 0 Å². The zero-order valence-corrected chi connectivity index (χ0v) is 13.7. The molecule has 120 valence electrons. The highest BCUT2D eigenvalue weighted by molar-refractivity contribution is 5.87. The van der Waals surface area contributed by atoms with Crippen molar-refractivity contribution in [1.82, 2.24) is 4.90 Å². The number of nitrogens with zero attached hydrogens (tertiary/aromatic N) is 1. The third-order valence-corrected chi connectivity index (χ3v) is 4.24. The molecule has 1 saturated heterocycles. The molecule has 1 aliphatic heterocycles. The van der Waals surface area contributed by atoms with Crippen LogP contribution < -0.4 is 0 Å². The fourth-order valence-corrected chi connectivity index (χ4v) is 3.31. The summed E-state index contributed by atoms with van der Waals surface area (Å²) < 4.78 is 5.76. The second-order valence-corrected chi connectivity index (χ2v) is 6.25. The monoisotopic (exact) mass is 309 g/mol. The topological polar surface area (TPSA) is 29.5 Å². The maximum Gasteiger partial charge on any atom is 0.234 e. The molecule has 3 heteroatoms. The van der Waals surface area contributed by atoms with Gasteiger partial charge in [-0.2, -0.15) is 0 Å². The molecule has 1 amide bonds. The molecule has 0 spiro atoms. The van der Waals surface area contributed by atoms with E-state index in [9.17, 15) is 4.79 Å². The van der Waals surface area contributed by atoms with Crippen LogP contribution in [0, 0.1) is 0 Å². The molecule has 2 aromatic carbocycles.